The van der Waals surface area contributed by atoms with Gasteiger partial charge in [0.05, 0.1) is 11.6 Å². The molecule has 18 heavy (non-hydrogen) atoms. The molecule has 3 atom stereocenters. The van der Waals surface area contributed by atoms with Crippen LogP contribution in [0.2, 0.25) is 0 Å². The lowest BCUT2D eigenvalue weighted by Gasteiger charge is -2.34. The molecule has 0 unspecified atom stereocenters. The number of carbonyl (C=O) groups is 1. The first-order valence-electron chi connectivity index (χ1n) is 6.40. The number of alkyl carbamates (subject to hydrolysis) is 1. The molecule has 1 amide bonds. The Morgan fingerprint density at radius 2 is 2.28 bits per heavy atom. The molecular weight excluding hydrogens is 232 g/mol. The standard InChI is InChI=1S/C12H20N4O2/c1-11(2,3)18-10(17)14-12-5-4-8(7-12)6-9(12)15-16-13/h8-9H,4-7H2,1-3H3,(H,14,17)/t8-,9+,12+/m1/s1. The highest BCUT2D eigenvalue weighted by molar-refractivity contribution is 5.69. The molecule has 2 fully saturated rings. The lowest BCUT2D eigenvalue weighted by atomic mass is 9.89. The summed E-state index contributed by atoms with van der Waals surface area (Å²) in [5.74, 6) is 0.565. The summed E-state index contributed by atoms with van der Waals surface area (Å²) >= 11 is 0. The normalized spacial score (nSPS) is 33.9. The Balaban J connectivity index is 2.06. The van der Waals surface area contributed by atoms with E-state index >= 15 is 0 Å². The summed E-state index contributed by atoms with van der Waals surface area (Å²) in [6.45, 7) is 5.50. The lowest BCUT2D eigenvalue weighted by Crippen LogP contribution is -2.53. The molecule has 100 valence electrons. The van der Waals surface area contributed by atoms with E-state index < -0.39 is 11.7 Å². The Hall–Kier alpha value is -1.42. The van der Waals surface area contributed by atoms with Crippen LogP contribution < -0.4 is 5.32 Å². The average molecular weight is 252 g/mol. The number of rotatable bonds is 2. The second-order valence-electron chi connectivity index (χ2n) is 6.35. The first-order valence-corrected chi connectivity index (χ1v) is 6.40. The molecule has 6 heteroatoms. The van der Waals surface area contributed by atoms with Crippen LogP contribution in [0.4, 0.5) is 4.79 Å². The topological polar surface area (TPSA) is 87.1 Å². The Kier molecular flexibility index (Phi) is 3.15. The molecule has 6 nitrogen and oxygen atoms in total. The number of carbonyl (C=O) groups excluding carboxylic acids is 1. The van der Waals surface area contributed by atoms with Crippen molar-refractivity contribution < 1.29 is 9.53 Å². The third kappa shape index (κ3) is 2.53. The van der Waals surface area contributed by atoms with Crippen LogP contribution in [-0.2, 0) is 4.74 Å². The van der Waals surface area contributed by atoms with Crippen LogP contribution >= 0.6 is 0 Å². The number of hydrogen-bond donors (Lipinski definition) is 1. The monoisotopic (exact) mass is 252 g/mol. The van der Waals surface area contributed by atoms with Crippen molar-refractivity contribution in [2.24, 2.45) is 11.0 Å². The summed E-state index contributed by atoms with van der Waals surface area (Å²) in [5, 5.41) is 6.79. The maximum absolute atomic E-state index is 11.9. The smallest absolute Gasteiger partial charge is 0.408 e. The largest absolute Gasteiger partial charge is 0.444 e. The molecule has 0 spiro atoms. The van der Waals surface area contributed by atoms with Gasteiger partial charge in [0, 0.05) is 4.91 Å². The number of hydrogen-bond acceptors (Lipinski definition) is 3. The van der Waals surface area contributed by atoms with Gasteiger partial charge in [-0.15, -0.1) is 0 Å². The van der Waals surface area contributed by atoms with Gasteiger partial charge in [0.15, 0.2) is 0 Å². The third-order valence-corrected chi connectivity index (χ3v) is 3.79. The fourth-order valence-electron chi connectivity index (χ4n) is 3.15. The van der Waals surface area contributed by atoms with Gasteiger partial charge in [0.25, 0.3) is 0 Å². The summed E-state index contributed by atoms with van der Waals surface area (Å²) in [7, 11) is 0. The van der Waals surface area contributed by atoms with E-state index in [9.17, 15) is 4.79 Å². The molecule has 1 N–H and O–H groups in total. The Morgan fingerprint density at radius 1 is 1.56 bits per heavy atom. The van der Waals surface area contributed by atoms with Crippen LogP contribution in [0.1, 0.15) is 46.5 Å². The molecule has 0 saturated heterocycles. The van der Waals surface area contributed by atoms with E-state index in [0.29, 0.717) is 5.92 Å². The van der Waals surface area contributed by atoms with Crippen molar-refractivity contribution in [1.82, 2.24) is 5.32 Å². The Bertz CT molecular complexity index is 397. The number of azide groups is 1. The van der Waals surface area contributed by atoms with Crippen LogP contribution in [0, 0.1) is 5.92 Å². The Labute approximate surface area is 107 Å². The molecule has 0 aromatic heterocycles. The minimum atomic E-state index is -0.509. The van der Waals surface area contributed by atoms with Crippen LogP contribution in [0.3, 0.4) is 0 Å². The number of fused-ring (bicyclic) bond motifs is 2. The minimum Gasteiger partial charge on any atom is -0.444 e. The minimum absolute atomic E-state index is 0.131. The quantitative estimate of drug-likeness (QED) is 0.465. The van der Waals surface area contributed by atoms with E-state index in [1.165, 1.54) is 0 Å². The highest BCUT2D eigenvalue weighted by Crippen LogP contribution is 2.49. The van der Waals surface area contributed by atoms with Crippen molar-refractivity contribution in [3.63, 3.8) is 0 Å². The van der Waals surface area contributed by atoms with Crippen molar-refractivity contribution in [3.8, 4) is 0 Å². The van der Waals surface area contributed by atoms with E-state index in [1.54, 1.807) is 0 Å². The highest BCUT2D eigenvalue weighted by Gasteiger charge is 2.53. The molecule has 2 rings (SSSR count). The van der Waals surface area contributed by atoms with Crippen LogP contribution in [0.5, 0.6) is 0 Å². The zero-order chi connectivity index (χ0) is 13.4. The summed E-state index contributed by atoms with van der Waals surface area (Å²) in [4.78, 5) is 14.8. The fourth-order valence-corrected chi connectivity index (χ4v) is 3.15. The zero-order valence-corrected chi connectivity index (χ0v) is 11.1. The van der Waals surface area contributed by atoms with Gasteiger partial charge in [-0.2, -0.15) is 0 Å². The van der Waals surface area contributed by atoms with E-state index in [1.807, 2.05) is 20.8 Å². The van der Waals surface area contributed by atoms with E-state index in [0.717, 1.165) is 25.7 Å². The van der Waals surface area contributed by atoms with Crippen LogP contribution in [-0.4, -0.2) is 23.3 Å². The molecule has 2 aliphatic rings. The van der Waals surface area contributed by atoms with E-state index in [-0.39, 0.29) is 11.6 Å². The predicted octanol–water partition coefficient (Wildman–Crippen LogP) is 3.13. The van der Waals surface area contributed by atoms with Gasteiger partial charge in [0.2, 0.25) is 0 Å². The van der Waals surface area contributed by atoms with E-state index in [4.69, 9.17) is 10.3 Å². The highest BCUT2D eigenvalue weighted by atomic mass is 16.6. The zero-order valence-electron chi connectivity index (χ0n) is 11.1. The lowest BCUT2D eigenvalue weighted by molar-refractivity contribution is 0.0447. The van der Waals surface area contributed by atoms with Crippen molar-refractivity contribution in [1.29, 1.82) is 0 Å². The summed E-state index contributed by atoms with van der Waals surface area (Å²) in [6, 6.07) is -0.131. The van der Waals surface area contributed by atoms with E-state index in [2.05, 4.69) is 15.3 Å². The maximum atomic E-state index is 11.9. The summed E-state index contributed by atoms with van der Waals surface area (Å²) in [6.07, 6.45) is 3.33. The van der Waals surface area contributed by atoms with Gasteiger partial charge in [-0.25, -0.2) is 4.79 Å². The maximum Gasteiger partial charge on any atom is 0.408 e. The van der Waals surface area contributed by atoms with Crippen LogP contribution in [0.15, 0.2) is 5.11 Å². The second kappa shape index (κ2) is 4.35. The van der Waals surface area contributed by atoms with Crippen molar-refractivity contribution in [2.75, 3.05) is 0 Å². The molecule has 0 aliphatic heterocycles. The first kappa shape index (κ1) is 13.0. The van der Waals surface area contributed by atoms with Crippen molar-refractivity contribution in [3.05, 3.63) is 10.4 Å². The number of nitrogens with one attached hydrogen (secondary N) is 1. The molecule has 2 saturated carbocycles. The first-order chi connectivity index (χ1) is 8.35. The molecule has 2 aliphatic carbocycles. The predicted molar refractivity (Wildman–Crippen MR) is 67.0 cm³/mol. The summed E-state index contributed by atoms with van der Waals surface area (Å²) in [5.41, 5.74) is 7.72. The van der Waals surface area contributed by atoms with Crippen molar-refractivity contribution >= 4 is 6.09 Å². The molecule has 2 bridgehead atoms. The number of amides is 1. The van der Waals surface area contributed by atoms with Crippen LogP contribution in [0.25, 0.3) is 10.4 Å². The van der Waals surface area contributed by atoms with Gasteiger partial charge < -0.3 is 10.1 Å². The van der Waals surface area contributed by atoms with Gasteiger partial charge in [0.1, 0.15) is 5.60 Å². The van der Waals surface area contributed by atoms with Gasteiger partial charge in [-0.1, -0.05) is 5.11 Å². The Morgan fingerprint density at radius 3 is 2.83 bits per heavy atom. The molecule has 0 aromatic carbocycles. The van der Waals surface area contributed by atoms with Crippen molar-refractivity contribution in [2.45, 2.75) is 63.6 Å². The second-order valence-corrected chi connectivity index (χ2v) is 6.35. The molecule has 0 aromatic rings. The molecular formula is C12H20N4O2. The molecule has 0 heterocycles. The van der Waals surface area contributed by atoms with Gasteiger partial charge >= 0.3 is 6.09 Å². The fraction of sp³-hybridized carbons (Fsp3) is 0.917. The number of ether oxygens (including phenoxy) is 1. The SMILES string of the molecule is CC(C)(C)OC(=O)N[C@]12CC[C@H](C[C@@H]1N=[N+]=[N-])C2. The third-order valence-electron chi connectivity index (χ3n) is 3.79. The number of nitrogens with zero attached hydrogens (tertiary/aromatic N) is 3. The molecule has 0 radical (unpaired) electrons. The average Bonchev–Trinajstić information content (AvgIpc) is 2.71. The van der Waals surface area contributed by atoms with Gasteiger partial charge in [-0.3, -0.25) is 0 Å². The summed E-state index contributed by atoms with van der Waals surface area (Å²) < 4.78 is 5.29. The van der Waals surface area contributed by atoms with Gasteiger partial charge in [-0.05, 0) is 57.9 Å².